The average Bonchev–Trinajstić information content (AvgIpc) is 3.40. The maximum Gasteiger partial charge on any atom is 0.243 e. The summed E-state index contributed by atoms with van der Waals surface area (Å²) in [6.07, 6.45) is 4.34. The highest BCUT2D eigenvalue weighted by atomic mass is 32.2. The van der Waals surface area contributed by atoms with Crippen LogP contribution < -0.4 is 0 Å². The van der Waals surface area contributed by atoms with Gasteiger partial charge < -0.3 is 0 Å². The Kier molecular flexibility index (Phi) is 3.87. The van der Waals surface area contributed by atoms with Gasteiger partial charge in [-0.3, -0.25) is 0 Å². The summed E-state index contributed by atoms with van der Waals surface area (Å²) in [5, 5.41) is 8.40. The van der Waals surface area contributed by atoms with Crippen LogP contribution in [0.2, 0.25) is 0 Å². The Morgan fingerprint density at radius 1 is 0.926 bits per heavy atom. The van der Waals surface area contributed by atoms with Crippen molar-refractivity contribution in [2.24, 2.45) is 0 Å². The van der Waals surface area contributed by atoms with Crippen LogP contribution in [0.1, 0.15) is 30.5 Å². The second-order valence-corrected chi connectivity index (χ2v) is 9.21. The molecule has 1 aliphatic carbocycles. The first-order valence-electron chi connectivity index (χ1n) is 9.18. The minimum absolute atomic E-state index is 0.0667. The van der Waals surface area contributed by atoms with E-state index in [4.69, 9.17) is 0 Å². The molecule has 27 heavy (non-hydrogen) atoms. The third-order valence-electron chi connectivity index (χ3n) is 5.31. The van der Waals surface area contributed by atoms with Crippen LogP contribution in [0.3, 0.4) is 0 Å². The van der Waals surface area contributed by atoms with Gasteiger partial charge in [-0.2, -0.15) is 4.31 Å². The highest BCUT2D eigenvalue weighted by Crippen LogP contribution is 2.39. The van der Waals surface area contributed by atoms with Crippen molar-refractivity contribution in [3.8, 4) is 11.1 Å². The van der Waals surface area contributed by atoms with E-state index in [1.54, 1.807) is 18.2 Å². The molecule has 5 rings (SSSR count). The number of aromatic nitrogens is 3. The third kappa shape index (κ3) is 3.07. The average molecular weight is 380 g/mol. The largest absolute Gasteiger partial charge is 0.247 e. The van der Waals surface area contributed by atoms with Crippen molar-refractivity contribution < 1.29 is 8.42 Å². The van der Waals surface area contributed by atoms with E-state index < -0.39 is 10.0 Å². The quantitative estimate of drug-likeness (QED) is 0.682. The molecule has 7 heteroatoms. The van der Waals surface area contributed by atoms with Crippen LogP contribution in [0, 0.1) is 0 Å². The van der Waals surface area contributed by atoms with E-state index in [-0.39, 0.29) is 6.04 Å². The molecule has 0 radical (unpaired) electrons. The molecule has 0 N–H and O–H groups in total. The van der Waals surface area contributed by atoms with Crippen LogP contribution in [0.15, 0.2) is 65.7 Å². The summed E-state index contributed by atoms with van der Waals surface area (Å²) in [4.78, 5) is 0.333. The van der Waals surface area contributed by atoms with Crippen molar-refractivity contribution in [2.75, 3.05) is 13.1 Å². The SMILES string of the molecule is O=S(=O)(c1cccc(-c2ccccc2)c1)N1CC(n2cc(C3CC3)nn2)C1. The van der Waals surface area contributed by atoms with Gasteiger partial charge in [-0.15, -0.1) is 5.10 Å². The molecule has 1 saturated carbocycles. The fourth-order valence-corrected chi connectivity index (χ4v) is 4.99. The standard InChI is InChI=1S/C20H20N4O2S/c25-27(26,19-8-4-7-17(11-19)15-5-2-1-3-6-15)23-12-18(13-23)24-14-20(21-22-24)16-9-10-16/h1-8,11,14,16,18H,9-10,12-13H2. The Balaban J connectivity index is 1.33. The molecule has 6 nitrogen and oxygen atoms in total. The zero-order valence-corrected chi connectivity index (χ0v) is 15.6. The molecule has 1 aliphatic heterocycles. The van der Waals surface area contributed by atoms with E-state index in [2.05, 4.69) is 10.3 Å². The predicted molar refractivity (Wildman–Crippen MR) is 102 cm³/mol. The van der Waals surface area contributed by atoms with Gasteiger partial charge in [-0.25, -0.2) is 13.1 Å². The van der Waals surface area contributed by atoms with Crippen molar-refractivity contribution in [2.45, 2.75) is 29.7 Å². The van der Waals surface area contributed by atoms with Gasteiger partial charge in [0.05, 0.1) is 16.6 Å². The van der Waals surface area contributed by atoms with E-state index in [1.165, 1.54) is 17.1 Å². The molecule has 0 unspecified atom stereocenters. The maximum atomic E-state index is 13.0. The van der Waals surface area contributed by atoms with Gasteiger partial charge in [0.2, 0.25) is 10.0 Å². The number of benzene rings is 2. The molecule has 0 spiro atoms. The first kappa shape index (κ1) is 16.6. The van der Waals surface area contributed by atoms with Crippen LogP contribution in [0.5, 0.6) is 0 Å². The predicted octanol–water partition coefficient (Wildman–Crippen LogP) is 3.07. The smallest absolute Gasteiger partial charge is 0.243 e. The fraction of sp³-hybridized carbons (Fsp3) is 0.300. The highest BCUT2D eigenvalue weighted by Gasteiger charge is 2.39. The van der Waals surface area contributed by atoms with E-state index in [0.717, 1.165) is 16.8 Å². The molecule has 0 amide bonds. The van der Waals surface area contributed by atoms with Crippen LogP contribution >= 0.6 is 0 Å². The normalized spacial score (nSPS) is 18.4. The van der Waals surface area contributed by atoms with Gasteiger partial charge in [0.25, 0.3) is 0 Å². The molecular formula is C20H20N4O2S. The fourth-order valence-electron chi connectivity index (χ4n) is 3.43. The van der Waals surface area contributed by atoms with Crippen LogP contribution in [0.25, 0.3) is 11.1 Å². The molecule has 1 saturated heterocycles. The van der Waals surface area contributed by atoms with E-state index in [1.807, 2.05) is 47.3 Å². The van der Waals surface area contributed by atoms with Crippen LogP contribution in [0.4, 0.5) is 0 Å². The van der Waals surface area contributed by atoms with Gasteiger partial charge in [-0.05, 0) is 36.1 Å². The first-order valence-corrected chi connectivity index (χ1v) is 10.6. The lowest BCUT2D eigenvalue weighted by Gasteiger charge is -2.37. The molecule has 138 valence electrons. The minimum Gasteiger partial charge on any atom is -0.247 e. The summed E-state index contributed by atoms with van der Waals surface area (Å²) < 4.78 is 29.3. The van der Waals surface area contributed by atoms with E-state index in [0.29, 0.717) is 23.9 Å². The van der Waals surface area contributed by atoms with E-state index in [9.17, 15) is 8.42 Å². The Labute approximate surface area is 158 Å². The Morgan fingerprint density at radius 2 is 1.67 bits per heavy atom. The zero-order chi connectivity index (χ0) is 18.4. The van der Waals surface area contributed by atoms with Gasteiger partial charge in [-0.1, -0.05) is 47.7 Å². The number of hydrogen-bond acceptors (Lipinski definition) is 4. The number of sulfonamides is 1. The molecular weight excluding hydrogens is 360 g/mol. The van der Waals surface area contributed by atoms with Crippen LogP contribution in [-0.4, -0.2) is 40.8 Å². The summed E-state index contributed by atoms with van der Waals surface area (Å²) in [5.74, 6) is 0.555. The van der Waals surface area contributed by atoms with Gasteiger partial charge in [0.1, 0.15) is 0 Å². The molecule has 2 fully saturated rings. The van der Waals surface area contributed by atoms with Crippen molar-refractivity contribution in [1.82, 2.24) is 19.3 Å². The lowest BCUT2D eigenvalue weighted by atomic mass is 10.1. The van der Waals surface area contributed by atoms with Gasteiger partial charge in [0, 0.05) is 25.2 Å². The Morgan fingerprint density at radius 3 is 2.41 bits per heavy atom. The summed E-state index contributed by atoms with van der Waals surface area (Å²) >= 11 is 0. The maximum absolute atomic E-state index is 13.0. The first-order chi connectivity index (χ1) is 13.1. The molecule has 2 heterocycles. The molecule has 2 aromatic carbocycles. The minimum atomic E-state index is -3.50. The number of hydrogen-bond donors (Lipinski definition) is 0. The third-order valence-corrected chi connectivity index (χ3v) is 7.13. The number of nitrogens with zero attached hydrogens (tertiary/aromatic N) is 4. The van der Waals surface area contributed by atoms with E-state index >= 15 is 0 Å². The molecule has 2 aliphatic rings. The molecule has 3 aromatic rings. The Bertz CT molecular complexity index is 1070. The second-order valence-electron chi connectivity index (χ2n) is 7.27. The monoisotopic (exact) mass is 380 g/mol. The van der Waals surface area contributed by atoms with Crippen molar-refractivity contribution in [3.05, 3.63) is 66.5 Å². The van der Waals surface area contributed by atoms with Gasteiger partial charge in [0.15, 0.2) is 0 Å². The lowest BCUT2D eigenvalue weighted by Crippen LogP contribution is -2.50. The summed E-state index contributed by atoms with van der Waals surface area (Å²) in [6.45, 7) is 0.872. The Hall–Kier alpha value is -2.51. The lowest BCUT2D eigenvalue weighted by molar-refractivity contribution is 0.189. The molecule has 0 atom stereocenters. The van der Waals surface area contributed by atoms with Crippen molar-refractivity contribution in [1.29, 1.82) is 0 Å². The summed E-state index contributed by atoms with van der Waals surface area (Å²) in [6, 6.07) is 17.0. The van der Waals surface area contributed by atoms with Gasteiger partial charge >= 0.3 is 0 Å². The van der Waals surface area contributed by atoms with Crippen LogP contribution in [-0.2, 0) is 10.0 Å². The molecule has 1 aromatic heterocycles. The summed E-state index contributed by atoms with van der Waals surface area (Å²) in [5.41, 5.74) is 2.94. The molecule has 0 bridgehead atoms. The van der Waals surface area contributed by atoms with Crippen molar-refractivity contribution in [3.63, 3.8) is 0 Å². The number of rotatable bonds is 5. The highest BCUT2D eigenvalue weighted by molar-refractivity contribution is 7.89. The zero-order valence-electron chi connectivity index (χ0n) is 14.8. The second kappa shape index (κ2) is 6.28. The van der Waals surface area contributed by atoms with Crippen molar-refractivity contribution >= 4 is 10.0 Å². The summed E-state index contributed by atoms with van der Waals surface area (Å²) in [7, 11) is -3.50. The topological polar surface area (TPSA) is 68.1 Å².